The Hall–Kier alpha value is -1.99. The van der Waals surface area contributed by atoms with Crippen molar-refractivity contribution in [3.63, 3.8) is 0 Å². The highest BCUT2D eigenvalue weighted by Crippen LogP contribution is 2.29. The van der Waals surface area contributed by atoms with Crippen molar-refractivity contribution in [2.24, 2.45) is 0 Å². The lowest BCUT2D eigenvalue weighted by Crippen LogP contribution is -2.54. The van der Waals surface area contributed by atoms with Gasteiger partial charge < -0.3 is 15.2 Å². The number of thioether (sulfide) groups is 1. The van der Waals surface area contributed by atoms with E-state index in [-0.39, 0.29) is 5.91 Å². The summed E-state index contributed by atoms with van der Waals surface area (Å²) in [6, 6.07) is 10.7. The molecule has 2 aromatic rings. The fourth-order valence-corrected chi connectivity index (χ4v) is 4.39. The van der Waals surface area contributed by atoms with E-state index in [0.29, 0.717) is 30.1 Å². The molecule has 0 bridgehead atoms. The van der Waals surface area contributed by atoms with E-state index in [1.54, 1.807) is 35.6 Å². The molecule has 126 valence electrons. The molecule has 1 unspecified atom stereocenters. The lowest BCUT2D eigenvalue weighted by atomic mass is 9.98. The number of carbonyl (C=O) groups is 2. The van der Waals surface area contributed by atoms with Gasteiger partial charge in [-0.15, -0.1) is 11.3 Å². The van der Waals surface area contributed by atoms with Gasteiger partial charge in [0.15, 0.2) is 0 Å². The fourth-order valence-electron chi connectivity index (χ4n) is 2.45. The Balaban J connectivity index is 1.68. The van der Waals surface area contributed by atoms with Gasteiger partial charge in [-0.1, -0.05) is 12.1 Å². The molecule has 0 spiro atoms. The molecule has 2 N–H and O–H groups in total. The number of ether oxygens (including phenoxy) is 1. The van der Waals surface area contributed by atoms with Gasteiger partial charge in [-0.2, -0.15) is 11.8 Å². The molecule has 0 radical (unpaired) electrons. The van der Waals surface area contributed by atoms with Crippen LogP contribution in [0.3, 0.4) is 0 Å². The molecular weight excluding hydrogens is 346 g/mol. The number of hydrogen-bond donors (Lipinski definition) is 2. The zero-order chi connectivity index (χ0) is 17.0. The Kier molecular flexibility index (Phi) is 5.11. The number of benzene rings is 1. The van der Waals surface area contributed by atoms with Gasteiger partial charge in [0, 0.05) is 16.2 Å². The second kappa shape index (κ2) is 7.27. The molecular formula is C17H17NO4S2. The molecule has 1 amide bonds. The van der Waals surface area contributed by atoms with Crippen molar-refractivity contribution in [1.29, 1.82) is 0 Å². The summed E-state index contributed by atoms with van der Waals surface area (Å²) in [5.74, 6) is 0.341. The molecule has 1 atom stereocenters. The van der Waals surface area contributed by atoms with E-state index < -0.39 is 11.5 Å². The summed E-state index contributed by atoms with van der Waals surface area (Å²) in [7, 11) is 0. The molecule has 1 saturated heterocycles. The number of rotatable bonds is 6. The van der Waals surface area contributed by atoms with Crippen molar-refractivity contribution in [3.05, 3.63) is 52.2 Å². The number of carboxylic acids is 1. The number of carboxylic acid groups (broad SMARTS) is 1. The SMILES string of the molecule is O=C(NC1(C(=O)O)CCSC1)c1cccc(OCc2cccs2)c1. The predicted octanol–water partition coefficient (Wildman–Crippen LogP) is 3.02. The molecule has 1 aliphatic rings. The Morgan fingerprint density at radius 1 is 1.29 bits per heavy atom. The van der Waals surface area contributed by atoms with Gasteiger partial charge in [0.2, 0.25) is 0 Å². The molecule has 5 nitrogen and oxygen atoms in total. The second-order valence-electron chi connectivity index (χ2n) is 5.54. The molecule has 1 aliphatic heterocycles. The monoisotopic (exact) mass is 363 g/mol. The van der Waals surface area contributed by atoms with Gasteiger partial charge in [-0.25, -0.2) is 4.79 Å². The third kappa shape index (κ3) is 3.73. The quantitative estimate of drug-likeness (QED) is 0.825. The first-order valence-electron chi connectivity index (χ1n) is 7.48. The maximum absolute atomic E-state index is 12.5. The summed E-state index contributed by atoms with van der Waals surface area (Å²) in [6.45, 7) is 0.443. The molecule has 7 heteroatoms. The largest absolute Gasteiger partial charge is 0.488 e. The van der Waals surface area contributed by atoms with Crippen LogP contribution in [0.2, 0.25) is 0 Å². The highest BCUT2D eigenvalue weighted by molar-refractivity contribution is 7.99. The van der Waals surface area contributed by atoms with Crippen LogP contribution >= 0.6 is 23.1 Å². The Bertz CT molecular complexity index is 724. The molecule has 0 aliphatic carbocycles. The smallest absolute Gasteiger partial charge is 0.330 e. The lowest BCUT2D eigenvalue weighted by Gasteiger charge is -2.24. The molecule has 3 rings (SSSR count). The Labute approximate surface area is 148 Å². The van der Waals surface area contributed by atoms with E-state index in [4.69, 9.17) is 4.74 Å². The van der Waals surface area contributed by atoms with E-state index in [0.717, 1.165) is 10.6 Å². The fraction of sp³-hybridized carbons (Fsp3) is 0.294. The third-order valence-electron chi connectivity index (χ3n) is 3.84. The second-order valence-corrected chi connectivity index (χ2v) is 7.68. The highest BCUT2D eigenvalue weighted by atomic mass is 32.2. The van der Waals surface area contributed by atoms with Gasteiger partial charge in [-0.3, -0.25) is 4.79 Å². The van der Waals surface area contributed by atoms with Gasteiger partial charge in [0.05, 0.1) is 0 Å². The lowest BCUT2D eigenvalue weighted by molar-refractivity contribution is -0.143. The Morgan fingerprint density at radius 3 is 2.83 bits per heavy atom. The van der Waals surface area contributed by atoms with Crippen molar-refractivity contribution < 1.29 is 19.4 Å². The van der Waals surface area contributed by atoms with Crippen LogP contribution in [0.5, 0.6) is 5.75 Å². The van der Waals surface area contributed by atoms with Crippen LogP contribution in [0.15, 0.2) is 41.8 Å². The summed E-state index contributed by atoms with van der Waals surface area (Å²) < 4.78 is 5.69. The number of hydrogen-bond acceptors (Lipinski definition) is 5. The van der Waals surface area contributed by atoms with Crippen molar-refractivity contribution in [2.45, 2.75) is 18.6 Å². The highest BCUT2D eigenvalue weighted by Gasteiger charge is 2.43. The maximum Gasteiger partial charge on any atom is 0.330 e. The summed E-state index contributed by atoms with van der Waals surface area (Å²) >= 11 is 3.14. The molecule has 24 heavy (non-hydrogen) atoms. The summed E-state index contributed by atoms with van der Waals surface area (Å²) in [4.78, 5) is 25.1. The number of amides is 1. The normalized spacial score (nSPS) is 19.8. The van der Waals surface area contributed by atoms with E-state index >= 15 is 0 Å². The zero-order valence-corrected chi connectivity index (χ0v) is 14.5. The summed E-state index contributed by atoms with van der Waals surface area (Å²) in [5.41, 5.74) is -0.772. The minimum Gasteiger partial charge on any atom is -0.488 e. The first-order valence-corrected chi connectivity index (χ1v) is 9.51. The number of carbonyl (C=O) groups excluding carboxylic acids is 1. The van der Waals surface area contributed by atoms with Crippen molar-refractivity contribution in [3.8, 4) is 5.75 Å². The van der Waals surface area contributed by atoms with Gasteiger partial charge in [-0.05, 0) is 41.8 Å². The summed E-state index contributed by atoms with van der Waals surface area (Å²) in [5, 5.41) is 14.1. The average molecular weight is 363 g/mol. The van der Waals surface area contributed by atoms with Gasteiger partial charge >= 0.3 is 5.97 Å². The minimum absolute atomic E-state index is 0.388. The van der Waals surface area contributed by atoms with Crippen LogP contribution in [-0.4, -0.2) is 34.0 Å². The van der Waals surface area contributed by atoms with E-state index in [1.165, 1.54) is 11.8 Å². The van der Waals surface area contributed by atoms with Crippen molar-refractivity contribution >= 4 is 35.0 Å². The third-order valence-corrected chi connectivity index (χ3v) is 5.88. The van der Waals surface area contributed by atoms with Crippen LogP contribution < -0.4 is 10.1 Å². The predicted molar refractivity (Wildman–Crippen MR) is 94.9 cm³/mol. The number of thiophene rings is 1. The molecule has 2 heterocycles. The van der Waals surface area contributed by atoms with Crippen LogP contribution in [0, 0.1) is 0 Å². The topological polar surface area (TPSA) is 75.6 Å². The van der Waals surface area contributed by atoms with Crippen LogP contribution in [0.4, 0.5) is 0 Å². The Morgan fingerprint density at radius 2 is 2.17 bits per heavy atom. The molecule has 1 aromatic heterocycles. The zero-order valence-electron chi connectivity index (χ0n) is 12.9. The maximum atomic E-state index is 12.5. The van der Waals surface area contributed by atoms with Crippen LogP contribution in [-0.2, 0) is 11.4 Å². The van der Waals surface area contributed by atoms with Crippen molar-refractivity contribution in [1.82, 2.24) is 5.32 Å². The standard InChI is InChI=1S/C17H17NO4S2/c19-15(18-17(16(20)21)6-8-23-11-17)12-3-1-4-13(9-12)22-10-14-5-2-7-24-14/h1-5,7,9H,6,8,10-11H2,(H,18,19)(H,20,21). The number of nitrogens with one attached hydrogen (secondary N) is 1. The minimum atomic E-state index is -1.17. The van der Waals surface area contributed by atoms with E-state index in [9.17, 15) is 14.7 Å². The van der Waals surface area contributed by atoms with Crippen LogP contribution in [0.25, 0.3) is 0 Å². The first kappa shape index (κ1) is 16.9. The van der Waals surface area contributed by atoms with Gasteiger partial charge in [0.25, 0.3) is 5.91 Å². The van der Waals surface area contributed by atoms with Gasteiger partial charge in [0.1, 0.15) is 17.9 Å². The molecule has 1 aromatic carbocycles. The van der Waals surface area contributed by atoms with E-state index in [2.05, 4.69) is 5.32 Å². The molecule has 1 fully saturated rings. The van der Waals surface area contributed by atoms with Crippen LogP contribution in [0.1, 0.15) is 21.7 Å². The number of aliphatic carboxylic acids is 1. The first-order chi connectivity index (χ1) is 11.6. The summed E-state index contributed by atoms with van der Waals surface area (Å²) in [6.07, 6.45) is 0.438. The molecule has 0 saturated carbocycles. The van der Waals surface area contributed by atoms with E-state index in [1.807, 2.05) is 17.5 Å². The average Bonchev–Trinajstić information content (AvgIpc) is 3.25. The van der Waals surface area contributed by atoms with Crippen molar-refractivity contribution in [2.75, 3.05) is 11.5 Å².